The Bertz CT molecular complexity index is 1100. The van der Waals surface area contributed by atoms with Crippen molar-refractivity contribution in [3.63, 3.8) is 0 Å². The lowest BCUT2D eigenvalue weighted by Crippen LogP contribution is -2.47. The van der Waals surface area contributed by atoms with Gasteiger partial charge >= 0.3 is 0 Å². The van der Waals surface area contributed by atoms with Crippen molar-refractivity contribution in [1.29, 1.82) is 0 Å². The molecule has 1 atom stereocenters. The van der Waals surface area contributed by atoms with Gasteiger partial charge in [0.15, 0.2) is 5.79 Å². The molecule has 1 amide bonds. The van der Waals surface area contributed by atoms with Crippen LogP contribution in [0.1, 0.15) is 36.4 Å². The lowest BCUT2D eigenvalue weighted by Gasteiger charge is -2.38. The molecule has 1 aromatic carbocycles. The fourth-order valence-corrected chi connectivity index (χ4v) is 4.71. The minimum absolute atomic E-state index is 0.0296. The highest BCUT2D eigenvalue weighted by atomic mass is 35.5. The Balaban J connectivity index is 1.43. The largest absolute Gasteiger partial charge is 0.347 e. The van der Waals surface area contributed by atoms with Gasteiger partial charge in [0.2, 0.25) is 5.91 Å². The van der Waals surface area contributed by atoms with Crippen LogP contribution in [0.15, 0.2) is 48.8 Å². The Hall–Kier alpha value is -2.48. The van der Waals surface area contributed by atoms with Gasteiger partial charge < -0.3 is 18.8 Å². The van der Waals surface area contributed by atoms with E-state index in [2.05, 4.69) is 4.98 Å². The van der Waals surface area contributed by atoms with Crippen LogP contribution >= 0.6 is 11.6 Å². The summed E-state index contributed by atoms with van der Waals surface area (Å²) in [5, 5.41) is 0.545. The van der Waals surface area contributed by atoms with E-state index in [0.29, 0.717) is 55.4 Å². The van der Waals surface area contributed by atoms with Gasteiger partial charge in [-0.05, 0) is 23.8 Å². The van der Waals surface area contributed by atoms with Crippen molar-refractivity contribution < 1.29 is 18.7 Å². The zero-order chi connectivity index (χ0) is 21.4. The Labute approximate surface area is 184 Å². The maximum atomic E-state index is 14.8. The van der Waals surface area contributed by atoms with Gasteiger partial charge in [-0.2, -0.15) is 0 Å². The second-order valence-electron chi connectivity index (χ2n) is 8.03. The van der Waals surface area contributed by atoms with E-state index >= 15 is 0 Å². The smallest absolute Gasteiger partial charge is 0.223 e. The molecule has 2 fully saturated rings. The molecule has 0 saturated carbocycles. The summed E-state index contributed by atoms with van der Waals surface area (Å²) in [6.45, 7) is 2.31. The van der Waals surface area contributed by atoms with E-state index in [-0.39, 0.29) is 18.1 Å². The fourth-order valence-electron chi connectivity index (χ4n) is 4.55. The molecule has 162 valence electrons. The molecule has 2 aromatic heterocycles. The molecule has 8 heteroatoms. The second kappa shape index (κ2) is 8.22. The van der Waals surface area contributed by atoms with Gasteiger partial charge in [0, 0.05) is 50.7 Å². The van der Waals surface area contributed by atoms with Gasteiger partial charge in [-0.25, -0.2) is 9.37 Å². The number of aromatic nitrogens is 2. The Morgan fingerprint density at radius 2 is 1.90 bits per heavy atom. The maximum absolute atomic E-state index is 14.8. The number of hydrogen-bond donors (Lipinski definition) is 0. The zero-order valence-electron chi connectivity index (χ0n) is 17.0. The maximum Gasteiger partial charge on any atom is 0.223 e. The first-order valence-corrected chi connectivity index (χ1v) is 10.9. The minimum Gasteiger partial charge on any atom is -0.347 e. The number of nitrogens with zero attached hydrogens (tertiary/aromatic N) is 3. The Morgan fingerprint density at radius 3 is 2.65 bits per heavy atom. The lowest BCUT2D eigenvalue weighted by atomic mass is 9.91. The number of carbonyl (C=O) groups excluding carboxylic acids is 1. The first-order valence-electron chi connectivity index (χ1n) is 10.5. The number of amides is 1. The molecule has 0 aliphatic carbocycles. The summed E-state index contributed by atoms with van der Waals surface area (Å²) in [6.07, 6.45) is 4.87. The average Bonchev–Trinajstić information content (AvgIpc) is 3.40. The van der Waals surface area contributed by atoms with Crippen molar-refractivity contribution in [3.8, 4) is 0 Å². The first kappa shape index (κ1) is 20.4. The molecule has 2 aliphatic rings. The highest BCUT2D eigenvalue weighted by Crippen LogP contribution is 2.34. The van der Waals surface area contributed by atoms with Crippen molar-refractivity contribution >= 4 is 23.2 Å². The van der Waals surface area contributed by atoms with Crippen LogP contribution in [0.4, 0.5) is 4.39 Å². The van der Waals surface area contributed by atoms with Gasteiger partial charge in [-0.1, -0.05) is 29.8 Å². The summed E-state index contributed by atoms with van der Waals surface area (Å²) >= 11 is 6.19. The summed E-state index contributed by atoms with van der Waals surface area (Å²) in [6, 6.07) is 10.1. The van der Waals surface area contributed by atoms with Crippen molar-refractivity contribution in [3.05, 3.63) is 70.9 Å². The number of hydrogen-bond acceptors (Lipinski definition) is 4. The number of benzene rings is 1. The highest BCUT2D eigenvalue weighted by Gasteiger charge is 2.41. The summed E-state index contributed by atoms with van der Waals surface area (Å²) in [4.78, 5) is 19.5. The molecular formula is C23H23ClFN3O3. The standard InChI is InChI=1S/C23H23ClFN3O3/c24-16-5-6-21-26-14-20(28(21)15-16)18(17-3-1-2-4-19(17)25)13-22(29)27-9-7-23(8-10-27)30-11-12-31-23/h1-6,14-15,18H,7-13H2. The van der Waals surface area contributed by atoms with Crippen molar-refractivity contribution in [2.24, 2.45) is 0 Å². The molecular weight excluding hydrogens is 421 g/mol. The molecule has 2 saturated heterocycles. The summed E-state index contributed by atoms with van der Waals surface area (Å²) in [5.74, 6) is -1.40. The van der Waals surface area contributed by atoms with Crippen LogP contribution in [0, 0.1) is 5.82 Å². The van der Waals surface area contributed by atoms with E-state index < -0.39 is 11.7 Å². The molecule has 0 N–H and O–H groups in total. The van der Waals surface area contributed by atoms with Crippen LogP contribution in [0.25, 0.3) is 5.65 Å². The van der Waals surface area contributed by atoms with E-state index in [4.69, 9.17) is 21.1 Å². The van der Waals surface area contributed by atoms with E-state index in [1.54, 1.807) is 42.7 Å². The molecule has 1 unspecified atom stereocenters. The normalized spacial score (nSPS) is 19.2. The number of pyridine rings is 1. The number of likely N-dealkylation sites (tertiary alicyclic amines) is 1. The Kier molecular flexibility index (Phi) is 5.42. The number of piperidine rings is 1. The molecule has 6 nitrogen and oxygen atoms in total. The predicted octanol–water partition coefficient (Wildman–Crippen LogP) is 4.01. The van der Waals surface area contributed by atoms with Crippen molar-refractivity contribution in [1.82, 2.24) is 14.3 Å². The van der Waals surface area contributed by atoms with Gasteiger partial charge in [0.05, 0.1) is 23.9 Å². The number of rotatable bonds is 4. The molecule has 0 bridgehead atoms. The minimum atomic E-state index is -0.542. The third-order valence-corrected chi connectivity index (χ3v) is 6.43. The van der Waals surface area contributed by atoms with E-state index in [1.807, 2.05) is 9.30 Å². The molecule has 2 aliphatic heterocycles. The zero-order valence-corrected chi connectivity index (χ0v) is 17.7. The fraction of sp³-hybridized carbons (Fsp3) is 0.391. The van der Waals surface area contributed by atoms with Crippen LogP contribution in [-0.2, 0) is 14.3 Å². The number of carbonyl (C=O) groups is 1. The Morgan fingerprint density at radius 1 is 1.16 bits per heavy atom. The summed E-state index contributed by atoms with van der Waals surface area (Å²) in [5.41, 5.74) is 1.89. The second-order valence-corrected chi connectivity index (χ2v) is 8.46. The summed E-state index contributed by atoms with van der Waals surface area (Å²) in [7, 11) is 0. The van der Waals surface area contributed by atoms with Crippen LogP contribution in [0.2, 0.25) is 5.02 Å². The quantitative estimate of drug-likeness (QED) is 0.611. The van der Waals surface area contributed by atoms with Gasteiger partial charge in [0.25, 0.3) is 0 Å². The van der Waals surface area contributed by atoms with Crippen LogP contribution in [0.5, 0.6) is 0 Å². The monoisotopic (exact) mass is 443 g/mol. The number of ether oxygens (including phenoxy) is 2. The number of fused-ring (bicyclic) bond motifs is 1. The van der Waals surface area contributed by atoms with Gasteiger partial charge in [-0.15, -0.1) is 0 Å². The molecule has 3 aromatic rings. The third-order valence-electron chi connectivity index (χ3n) is 6.21. The van der Waals surface area contributed by atoms with E-state index in [9.17, 15) is 9.18 Å². The SMILES string of the molecule is O=C(CC(c1ccccc1F)c1cnc2ccc(Cl)cn12)N1CCC2(CC1)OCCO2. The average molecular weight is 444 g/mol. The van der Waals surface area contributed by atoms with E-state index in [1.165, 1.54) is 6.07 Å². The molecule has 5 rings (SSSR count). The topological polar surface area (TPSA) is 56.1 Å². The molecule has 0 radical (unpaired) electrons. The van der Waals surface area contributed by atoms with Crippen LogP contribution < -0.4 is 0 Å². The first-order chi connectivity index (χ1) is 15.0. The number of imidazole rings is 1. The highest BCUT2D eigenvalue weighted by molar-refractivity contribution is 6.30. The molecule has 1 spiro atoms. The van der Waals surface area contributed by atoms with Crippen molar-refractivity contribution in [2.75, 3.05) is 26.3 Å². The third kappa shape index (κ3) is 3.93. The van der Waals surface area contributed by atoms with Crippen LogP contribution in [-0.4, -0.2) is 52.3 Å². The molecule has 31 heavy (non-hydrogen) atoms. The van der Waals surface area contributed by atoms with Gasteiger partial charge in [-0.3, -0.25) is 4.79 Å². The molecule has 4 heterocycles. The predicted molar refractivity (Wildman–Crippen MR) is 114 cm³/mol. The van der Waals surface area contributed by atoms with Crippen molar-refractivity contribution in [2.45, 2.75) is 31.0 Å². The number of halogens is 2. The van der Waals surface area contributed by atoms with Gasteiger partial charge in [0.1, 0.15) is 11.5 Å². The lowest BCUT2D eigenvalue weighted by molar-refractivity contribution is -0.187. The van der Waals surface area contributed by atoms with E-state index in [0.717, 1.165) is 5.69 Å². The summed E-state index contributed by atoms with van der Waals surface area (Å²) < 4.78 is 28.1. The van der Waals surface area contributed by atoms with Crippen LogP contribution in [0.3, 0.4) is 0 Å².